The Kier molecular flexibility index (Phi) is 10.0. The topological polar surface area (TPSA) is 0 Å². The van der Waals surface area contributed by atoms with Gasteiger partial charge in [0, 0.05) is 5.38 Å². The van der Waals surface area contributed by atoms with E-state index in [1.54, 1.807) is 0 Å². The van der Waals surface area contributed by atoms with E-state index >= 15 is 0 Å². The second-order valence-electron chi connectivity index (χ2n) is 4.68. The third kappa shape index (κ3) is 10.4. The maximum Gasteiger partial charge on any atom is 0.0310 e. The minimum Gasteiger partial charge on any atom is -0.123 e. The lowest BCUT2D eigenvalue weighted by Crippen LogP contribution is -2.01. The minimum atomic E-state index is 0.352. The summed E-state index contributed by atoms with van der Waals surface area (Å²) in [4.78, 5) is 0. The highest BCUT2D eigenvalue weighted by atomic mass is 35.5. The zero-order chi connectivity index (χ0) is 10.8. The number of halogens is 1. The minimum absolute atomic E-state index is 0.352. The van der Waals surface area contributed by atoms with E-state index in [0.29, 0.717) is 5.38 Å². The summed E-state index contributed by atoms with van der Waals surface area (Å²) in [7, 11) is 0. The van der Waals surface area contributed by atoms with Crippen molar-refractivity contribution in [3.8, 4) is 0 Å². The zero-order valence-electron chi connectivity index (χ0n) is 10.2. The molecule has 0 aliphatic rings. The Morgan fingerprint density at radius 2 is 1.50 bits per heavy atom. The van der Waals surface area contributed by atoms with Crippen molar-refractivity contribution in [2.24, 2.45) is 5.92 Å². The third-order valence-electron chi connectivity index (χ3n) is 2.78. The number of alkyl halides is 1. The lowest BCUT2D eigenvalue weighted by molar-refractivity contribution is 0.454. The fourth-order valence-corrected chi connectivity index (χ4v) is 2.25. The van der Waals surface area contributed by atoms with Crippen molar-refractivity contribution in [2.75, 3.05) is 0 Å². The standard InChI is InChI=1S/C13H27Cl/c1-4-5-6-7-8-9-10-12(2)11-13(3)14/h12-13H,4-11H2,1-3H3. The summed E-state index contributed by atoms with van der Waals surface area (Å²) in [6, 6.07) is 0. The van der Waals surface area contributed by atoms with Crippen LogP contribution in [0.15, 0.2) is 0 Å². The molecule has 0 nitrogen and oxygen atoms in total. The van der Waals surface area contributed by atoms with E-state index in [0.717, 1.165) is 5.92 Å². The molecule has 14 heavy (non-hydrogen) atoms. The molecule has 0 aromatic heterocycles. The second kappa shape index (κ2) is 9.83. The second-order valence-corrected chi connectivity index (χ2v) is 5.42. The van der Waals surface area contributed by atoms with Crippen LogP contribution in [-0.2, 0) is 0 Å². The van der Waals surface area contributed by atoms with Gasteiger partial charge in [0.25, 0.3) is 0 Å². The molecular weight excluding hydrogens is 192 g/mol. The fourth-order valence-electron chi connectivity index (χ4n) is 1.95. The van der Waals surface area contributed by atoms with Crippen molar-refractivity contribution in [1.29, 1.82) is 0 Å². The van der Waals surface area contributed by atoms with Gasteiger partial charge in [0.15, 0.2) is 0 Å². The highest BCUT2D eigenvalue weighted by Gasteiger charge is 2.05. The number of rotatable bonds is 9. The summed E-state index contributed by atoms with van der Waals surface area (Å²) in [5, 5.41) is 0.352. The molecule has 0 saturated heterocycles. The van der Waals surface area contributed by atoms with Gasteiger partial charge in [-0.25, -0.2) is 0 Å². The molecule has 1 heteroatoms. The van der Waals surface area contributed by atoms with E-state index in [1.165, 1.54) is 51.4 Å². The first-order valence-electron chi connectivity index (χ1n) is 6.30. The van der Waals surface area contributed by atoms with Crippen molar-refractivity contribution >= 4 is 11.6 Å². The molecule has 0 saturated carbocycles. The van der Waals surface area contributed by atoms with Gasteiger partial charge < -0.3 is 0 Å². The van der Waals surface area contributed by atoms with E-state index in [-0.39, 0.29) is 0 Å². The molecule has 0 bridgehead atoms. The van der Waals surface area contributed by atoms with E-state index in [4.69, 9.17) is 11.6 Å². The Morgan fingerprint density at radius 3 is 2.07 bits per heavy atom. The largest absolute Gasteiger partial charge is 0.123 e. The lowest BCUT2D eigenvalue weighted by atomic mass is 9.98. The highest BCUT2D eigenvalue weighted by Crippen LogP contribution is 2.18. The monoisotopic (exact) mass is 218 g/mol. The van der Waals surface area contributed by atoms with Gasteiger partial charge in [0.2, 0.25) is 0 Å². The van der Waals surface area contributed by atoms with Crippen molar-refractivity contribution in [3.63, 3.8) is 0 Å². The first kappa shape index (κ1) is 14.3. The Balaban J connectivity index is 3.10. The molecule has 0 radical (unpaired) electrons. The van der Waals surface area contributed by atoms with Crippen LogP contribution in [-0.4, -0.2) is 5.38 Å². The van der Waals surface area contributed by atoms with Crippen LogP contribution in [0.2, 0.25) is 0 Å². The molecule has 0 N–H and O–H groups in total. The van der Waals surface area contributed by atoms with Gasteiger partial charge in [0.05, 0.1) is 0 Å². The average molecular weight is 219 g/mol. The number of hydrogen-bond donors (Lipinski definition) is 0. The van der Waals surface area contributed by atoms with Crippen LogP contribution < -0.4 is 0 Å². The number of hydrogen-bond acceptors (Lipinski definition) is 0. The van der Waals surface area contributed by atoms with Gasteiger partial charge in [-0.05, 0) is 19.3 Å². The summed E-state index contributed by atoms with van der Waals surface area (Å²) in [6.07, 6.45) is 11.0. The third-order valence-corrected chi connectivity index (χ3v) is 2.96. The Morgan fingerprint density at radius 1 is 0.929 bits per heavy atom. The molecule has 0 spiro atoms. The molecule has 2 atom stereocenters. The van der Waals surface area contributed by atoms with E-state index in [1.807, 2.05) is 0 Å². The summed E-state index contributed by atoms with van der Waals surface area (Å²) in [5.74, 6) is 0.814. The van der Waals surface area contributed by atoms with Gasteiger partial charge in [-0.2, -0.15) is 0 Å². The first-order chi connectivity index (χ1) is 6.66. The van der Waals surface area contributed by atoms with E-state index in [2.05, 4.69) is 20.8 Å². The molecule has 0 fully saturated rings. The van der Waals surface area contributed by atoms with Crippen LogP contribution in [0.1, 0.15) is 72.1 Å². The normalized spacial score (nSPS) is 15.4. The Labute approximate surface area is 95.4 Å². The quantitative estimate of drug-likeness (QED) is 0.360. The van der Waals surface area contributed by atoms with Crippen molar-refractivity contribution in [3.05, 3.63) is 0 Å². The van der Waals surface area contributed by atoms with Crippen LogP contribution in [0.3, 0.4) is 0 Å². The molecule has 86 valence electrons. The van der Waals surface area contributed by atoms with Crippen LogP contribution >= 0.6 is 11.6 Å². The molecule has 0 amide bonds. The fraction of sp³-hybridized carbons (Fsp3) is 1.00. The summed E-state index contributed by atoms with van der Waals surface area (Å²) < 4.78 is 0. The van der Waals surface area contributed by atoms with Crippen LogP contribution in [0.4, 0.5) is 0 Å². The van der Waals surface area contributed by atoms with Gasteiger partial charge in [-0.15, -0.1) is 11.6 Å². The maximum atomic E-state index is 5.95. The van der Waals surface area contributed by atoms with Crippen molar-refractivity contribution in [1.82, 2.24) is 0 Å². The van der Waals surface area contributed by atoms with Crippen LogP contribution in [0.25, 0.3) is 0 Å². The molecule has 0 aromatic rings. The lowest BCUT2D eigenvalue weighted by Gasteiger charge is -2.12. The van der Waals surface area contributed by atoms with Crippen molar-refractivity contribution < 1.29 is 0 Å². The number of unbranched alkanes of at least 4 members (excludes halogenated alkanes) is 5. The smallest absolute Gasteiger partial charge is 0.0310 e. The summed E-state index contributed by atoms with van der Waals surface area (Å²) in [5.41, 5.74) is 0. The van der Waals surface area contributed by atoms with Gasteiger partial charge in [-0.3, -0.25) is 0 Å². The van der Waals surface area contributed by atoms with Crippen LogP contribution in [0, 0.1) is 5.92 Å². The highest BCUT2D eigenvalue weighted by molar-refractivity contribution is 6.20. The van der Waals surface area contributed by atoms with E-state index in [9.17, 15) is 0 Å². The predicted octanol–water partition coefficient (Wildman–Crippen LogP) is 5.39. The SMILES string of the molecule is CCCCCCCCC(C)CC(C)Cl. The average Bonchev–Trinajstić information content (AvgIpc) is 2.10. The van der Waals surface area contributed by atoms with Crippen molar-refractivity contribution in [2.45, 2.75) is 77.5 Å². The molecule has 0 heterocycles. The Hall–Kier alpha value is 0.290. The molecule has 2 unspecified atom stereocenters. The molecule has 0 rings (SSSR count). The molecular formula is C13H27Cl. The van der Waals surface area contributed by atoms with Crippen LogP contribution in [0.5, 0.6) is 0 Å². The van der Waals surface area contributed by atoms with Gasteiger partial charge in [-0.1, -0.05) is 58.8 Å². The van der Waals surface area contributed by atoms with E-state index < -0.39 is 0 Å². The molecule has 0 aromatic carbocycles. The maximum absolute atomic E-state index is 5.95. The molecule has 0 aliphatic heterocycles. The summed E-state index contributed by atoms with van der Waals surface area (Å²) >= 11 is 5.95. The summed E-state index contributed by atoms with van der Waals surface area (Å²) in [6.45, 7) is 6.69. The molecule has 0 aliphatic carbocycles. The Bertz CT molecular complexity index is 110. The van der Waals surface area contributed by atoms with Gasteiger partial charge in [0.1, 0.15) is 0 Å². The zero-order valence-corrected chi connectivity index (χ0v) is 10.9. The van der Waals surface area contributed by atoms with Gasteiger partial charge >= 0.3 is 0 Å². The first-order valence-corrected chi connectivity index (χ1v) is 6.74. The predicted molar refractivity (Wildman–Crippen MR) is 67.1 cm³/mol.